The number of benzene rings is 1. The number of carboxylic acids is 1. The van der Waals surface area contributed by atoms with E-state index in [1.165, 1.54) is 48.3 Å². The summed E-state index contributed by atoms with van der Waals surface area (Å²) in [6.07, 6.45) is -3.57. The zero-order valence-corrected chi connectivity index (χ0v) is 20.3. The van der Waals surface area contributed by atoms with Crippen molar-refractivity contribution in [3.63, 3.8) is 0 Å². The summed E-state index contributed by atoms with van der Waals surface area (Å²) in [7, 11) is 1.38. The van der Waals surface area contributed by atoms with Gasteiger partial charge in [0.25, 0.3) is 0 Å². The summed E-state index contributed by atoms with van der Waals surface area (Å²) in [5.74, 6) is -1.14. The molecular weight excluding hydrogens is 493 g/mol. The highest BCUT2D eigenvalue weighted by atomic mass is 19.4. The third kappa shape index (κ3) is 6.92. The van der Waals surface area contributed by atoms with Crippen LogP contribution in [0, 0.1) is 0 Å². The van der Waals surface area contributed by atoms with Gasteiger partial charge >= 0.3 is 18.2 Å². The summed E-state index contributed by atoms with van der Waals surface area (Å²) in [6, 6.07) is 6.33. The number of rotatable bonds is 10. The lowest BCUT2D eigenvalue weighted by atomic mass is 9.97. The highest BCUT2D eigenvalue weighted by Gasteiger charge is 2.31. The molecule has 0 bridgehead atoms. The zero-order chi connectivity index (χ0) is 27.3. The molecule has 0 radical (unpaired) electrons. The number of aromatic nitrogens is 4. The third-order valence-corrected chi connectivity index (χ3v) is 5.39. The molecule has 3 aromatic rings. The first-order chi connectivity index (χ1) is 17.4. The van der Waals surface area contributed by atoms with Gasteiger partial charge < -0.3 is 20.1 Å². The van der Waals surface area contributed by atoms with Gasteiger partial charge in [0.05, 0.1) is 42.7 Å². The number of aliphatic carboxylic acids is 1. The summed E-state index contributed by atoms with van der Waals surface area (Å²) >= 11 is 0. The number of carbonyl (C=O) groups is 1. The average molecular weight is 521 g/mol. The highest BCUT2D eigenvalue weighted by molar-refractivity contribution is 5.76. The van der Waals surface area contributed by atoms with Crippen LogP contribution in [0.3, 0.4) is 0 Å². The minimum absolute atomic E-state index is 0.0361. The number of methoxy groups -OCH3 is 1. The quantitative estimate of drug-likeness (QED) is 0.365. The van der Waals surface area contributed by atoms with Gasteiger partial charge in [0.1, 0.15) is 0 Å². The van der Waals surface area contributed by atoms with Crippen molar-refractivity contribution in [2.75, 3.05) is 7.11 Å². The fourth-order valence-corrected chi connectivity index (χ4v) is 3.72. The van der Waals surface area contributed by atoms with Gasteiger partial charge in [0.2, 0.25) is 0 Å². The predicted octanol–water partition coefficient (Wildman–Crippen LogP) is 4.08. The lowest BCUT2D eigenvalue weighted by molar-refractivity contribution is -0.139. The summed E-state index contributed by atoms with van der Waals surface area (Å²) in [4.78, 5) is 19.0. The average Bonchev–Trinajstić information content (AvgIpc) is 3.21. The molecule has 0 aliphatic rings. The number of halogens is 3. The Morgan fingerprint density at radius 1 is 1.22 bits per heavy atom. The molecule has 2 aromatic heterocycles. The van der Waals surface area contributed by atoms with E-state index in [9.17, 15) is 28.2 Å². The molecule has 0 aliphatic heterocycles. The molecule has 37 heavy (non-hydrogen) atoms. The lowest BCUT2D eigenvalue weighted by Crippen LogP contribution is -2.19. The molecule has 12 heteroatoms. The van der Waals surface area contributed by atoms with E-state index in [-0.39, 0.29) is 35.4 Å². The van der Waals surface area contributed by atoms with E-state index >= 15 is 0 Å². The molecule has 2 unspecified atom stereocenters. The molecule has 198 valence electrons. The topological polar surface area (TPSA) is 131 Å². The largest absolute Gasteiger partial charge is 0.481 e. The van der Waals surface area contributed by atoms with Crippen LogP contribution in [0.5, 0.6) is 6.01 Å². The Balaban J connectivity index is 2.20. The van der Waals surface area contributed by atoms with Gasteiger partial charge in [-0.05, 0) is 18.1 Å². The van der Waals surface area contributed by atoms with Gasteiger partial charge in [0.15, 0.2) is 5.82 Å². The van der Waals surface area contributed by atoms with E-state index in [1.54, 1.807) is 0 Å². The normalized spacial score (nSPS) is 13.8. The summed E-state index contributed by atoms with van der Waals surface area (Å²) in [6.45, 7) is 3.71. The SMILES string of the molecule is COc1nccc(-n2nc(C(C)C)c(/C=C/C(O)CC(O)CC(=O)O)c2-c2cccc(C(F)(F)F)c2)n1. The van der Waals surface area contributed by atoms with Gasteiger partial charge in [-0.25, -0.2) is 9.67 Å². The smallest absolute Gasteiger partial charge is 0.416 e. The first-order valence-electron chi connectivity index (χ1n) is 11.3. The van der Waals surface area contributed by atoms with Crippen molar-refractivity contribution in [1.29, 1.82) is 0 Å². The molecule has 0 spiro atoms. The standard InChI is InChI=1S/C25H27F3N4O5/c1-14(2)22-19(8-7-17(33)12-18(34)13-21(35)36)23(15-5-4-6-16(11-15)25(26,27)28)32(31-22)20-9-10-29-24(30-20)37-3/h4-11,14,17-18,33-34H,12-13H2,1-3H3,(H,35,36)/b8-7+. The Morgan fingerprint density at radius 3 is 2.57 bits per heavy atom. The van der Waals surface area contributed by atoms with E-state index in [0.717, 1.165) is 12.1 Å². The number of hydrogen-bond acceptors (Lipinski definition) is 7. The fraction of sp³-hybridized carbons (Fsp3) is 0.360. The Morgan fingerprint density at radius 2 is 1.95 bits per heavy atom. The number of aliphatic hydroxyl groups is 2. The van der Waals surface area contributed by atoms with E-state index in [1.807, 2.05) is 13.8 Å². The second-order valence-electron chi connectivity index (χ2n) is 8.61. The molecule has 0 fully saturated rings. The van der Waals surface area contributed by atoms with Crippen LogP contribution in [0.2, 0.25) is 0 Å². The molecule has 0 aliphatic carbocycles. The van der Waals surface area contributed by atoms with Crippen molar-refractivity contribution >= 4 is 12.0 Å². The summed E-state index contributed by atoms with van der Waals surface area (Å²) in [5.41, 5.74) is 0.575. The summed E-state index contributed by atoms with van der Waals surface area (Å²) < 4.78 is 47.1. The maximum Gasteiger partial charge on any atom is 0.416 e. The maximum absolute atomic E-state index is 13.5. The number of alkyl halides is 3. The van der Waals surface area contributed by atoms with Crippen molar-refractivity contribution in [1.82, 2.24) is 19.7 Å². The maximum atomic E-state index is 13.5. The monoisotopic (exact) mass is 520 g/mol. The molecule has 3 rings (SSSR count). The van der Waals surface area contributed by atoms with Gasteiger partial charge in [-0.3, -0.25) is 4.79 Å². The number of aliphatic hydroxyl groups excluding tert-OH is 2. The van der Waals surface area contributed by atoms with Gasteiger partial charge in [-0.2, -0.15) is 23.3 Å². The van der Waals surface area contributed by atoms with Crippen molar-refractivity contribution in [3.05, 3.63) is 59.4 Å². The third-order valence-electron chi connectivity index (χ3n) is 5.39. The number of hydrogen-bond donors (Lipinski definition) is 3. The van der Waals surface area contributed by atoms with Gasteiger partial charge in [-0.1, -0.05) is 38.1 Å². The van der Waals surface area contributed by atoms with Gasteiger partial charge in [-0.15, -0.1) is 0 Å². The molecule has 1 aromatic carbocycles. The van der Waals surface area contributed by atoms with E-state index in [0.29, 0.717) is 11.3 Å². The molecule has 0 saturated heterocycles. The van der Waals surface area contributed by atoms with E-state index < -0.39 is 36.3 Å². The number of carboxylic acid groups (broad SMARTS) is 1. The Labute approximate surface area is 210 Å². The highest BCUT2D eigenvalue weighted by Crippen LogP contribution is 2.37. The minimum Gasteiger partial charge on any atom is -0.481 e. The molecule has 3 N–H and O–H groups in total. The zero-order valence-electron chi connectivity index (χ0n) is 20.3. The first kappa shape index (κ1) is 27.8. The lowest BCUT2D eigenvalue weighted by Gasteiger charge is -2.13. The molecule has 9 nitrogen and oxygen atoms in total. The predicted molar refractivity (Wildman–Crippen MR) is 128 cm³/mol. The minimum atomic E-state index is -4.58. The number of ether oxygens (including phenoxy) is 1. The Kier molecular flexibility index (Phi) is 8.66. The van der Waals surface area contributed by atoms with Crippen LogP contribution in [-0.2, 0) is 11.0 Å². The van der Waals surface area contributed by atoms with Crippen LogP contribution in [0.25, 0.3) is 23.2 Å². The van der Waals surface area contributed by atoms with Crippen molar-refractivity contribution in [2.45, 2.75) is 51.0 Å². The molecule has 0 amide bonds. The van der Waals surface area contributed by atoms with Crippen molar-refractivity contribution < 1.29 is 38.0 Å². The molecule has 2 atom stereocenters. The Hall–Kier alpha value is -3.77. The van der Waals surface area contributed by atoms with Crippen LogP contribution in [0.4, 0.5) is 13.2 Å². The first-order valence-corrected chi connectivity index (χ1v) is 11.3. The molecule has 2 heterocycles. The fourth-order valence-electron chi connectivity index (χ4n) is 3.72. The van der Waals surface area contributed by atoms with Crippen molar-refractivity contribution in [2.24, 2.45) is 0 Å². The van der Waals surface area contributed by atoms with Crippen LogP contribution in [0.1, 0.15) is 49.4 Å². The second kappa shape index (κ2) is 11.5. The number of nitrogens with zero attached hydrogens (tertiary/aromatic N) is 4. The van der Waals surface area contributed by atoms with Crippen molar-refractivity contribution in [3.8, 4) is 23.1 Å². The van der Waals surface area contributed by atoms with Crippen LogP contribution >= 0.6 is 0 Å². The van der Waals surface area contributed by atoms with Gasteiger partial charge in [0, 0.05) is 29.8 Å². The second-order valence-corrected chi connectivity index (χ2v) is 8.61. The Bertz CT molecular complexity index is 1270. The van der Waals surface area contributed by atoms with E-state index in [4.69, 9.17) is 9.84 Å². The molecule has 0 saturated carbocycles. The molecular formula is C25H27F3N4O5. The van der Waals surface area contributed by atoms with Crippen LogP contribution < -0.4 is 4.74 Å². The van der Waals surface area contributed by atoms with Crippen LogP contribution in [-0.4, -0.2) is 60.4 Å². The summed E-state index contributed by atoms with van der Waals surface area (Å²) in [5, 5.41) is 33.7. The van der Waals surface area contributed by atoms with E-state index in [2.05, 4.69) is 15.1 Å². The van der Waals surface area contributed by atoms with Crippen LogP contribution in [0.15, 0.2) is 42.6 Å².